The molecule has 1 aromatic carbocycles. The smallest absolute Gasteiger partial charge is 0.223 e. The fourth-order valence-electron chi connectivity index (χ4n) is 3.21. The molecule has 1 aromatic heterocycles. The van der Waals surface area contributed by atoms with Crippen LogP contribution in [0.3, 0.4) is 0 Å². The van der Waals surface area contributed by atoms with Crippen molar-refractivity contribution in [1.29, 1.82) is 0 Å². The summed E-state index contributed by atoms with van der Waals surface area (Å²) in [7, 11) is 1.63. The lowest BCUT2D eigenvalue weighted by atomic mass is 9.83. The van der Waals surface area contributed by atoms with Gasteiger partial charge in [0, 0.05) is 29.6 Å². The lowest BCUT2D eigenvalue weighted by Gasteiger charge is -2.30. The number of aromatic nitrogens is 2. The first-order valence-corrected chi connectivity index (χ1v) is 8.46. The quantitative estimate of drug-likeness (QED) is 0.629. The summed E-state index contributed by atoms with van der Waals surface area (Å²) in [6, 6.07) is 7.33. The lowest BCUT2D eigenvalue weighted by Crippen LogP contribution is -2.44. The molecule has 1 aliphatic carbocycles. The van der Waals surface area contributed by atoms with Gasteiger partial charge in [-0.05, 0) is 43.5 Å². The van der Waals surface area contributed by atoms with E-state index in [9.17, 15) is 9.90 Å². The van der Waals surface area contributed by atoms with Crippen molar-refractivity contribution in [3.8, 4) is 17.0 Å². The van der Waals surface area contributed by atoms with Gasteiger partial charge >= 0.3 is 0 Å². The summed E-state index contributed by atoms with van der Waals surface area (Å²) in [5, 5.41) is 19.7. The van der Waals surface area contributed by atoms with E-state index in [1.54, 1.807) is 13.3 Å². The zero-order chi connectivity index (χ0) is 17.8. The molecule has 1 fully saturated rings. The Balaban J connectivity index is 0.00000243. The van der Waals surface area contributed by atoms with E-state index in [-0.39, 0.29) is 30.3 Å². The van der Waals surface area contributed by atoms with E-state index in [1.165, 1.54) is 0 Å². The molecule has 142 valence electrons. The number of aromatic amines is 1. The molecule has 7 nitrogen and oxygen atoms in total. The second-order valence-electron chi connectivity index (χ2n) is 6.46. The van der Waals surface area contributed by atoms with Gasteiger partial charge in [0.05, 0.1) is 25.1 Å². The minimum absolute atomic E-state index is 0. The van der Waals surface area contributed by atoms with Crippen LogP contribution in [0.15, 0.2) is 30.5 Å². The summed E-state index contributed by atoms with van der Waals surface area (Å²) in [6.07, 6.45) is 2.97. The van der Waals surface area contributed by atoms with Crippen LogP contribution in [-0.2, 0) is 11.3 Å². The number of carbonyl (C=O) groups is 1. The first kappa shape index (κ1) is 20.2. The second-order valence-corrected chi connectivity index (χ2v) is 6.46. The Morgan fingerprint density at radius 1 is 1.38 bits per heavy atom. The van der Waals surface area contributed by atoms with Gasteiger partial charge in [-0.15, -0.1) is 12.4 Å². The standard InChI is InChI=1S/C18H24N4O3.ClH/c1-25-14-5-2-11(3-6-14)17-13(10-21-22-17)9-20-18(24)12-4-7-16(23)15(19)8-12;/h2-3,5-6,10,12,15-16,23H,4,7-9,19H2,1H3,(H,20,24)(H,21,22);1H/t12-,15+,16+;/m0./s1. The molecule has 0 bridgehead atoms. The highest BCUT2D eigenvalue weighted by Crippen LogP contribution is 2.25. The number of hydrogen-bond acceptors (Lipinski definition) is 5. The topological polar surface area (TPSA) is 113 Å². The third-order valence-electron chi connectivity index (χ3n) is 4.78. The van der Waals surface area contributed by atoms with Gasteiger partial charge in [-0.3, -0.25) is 9.89 Å². The fraction of sp³-hybridized carbons (Fsp3) is 0.444. The Morgan fingerprint density at radius 3 is 2.77 bits per heavy atom. The molecule has 26 heavy (non-hydrogen) atoms. The Kier molecular flexibility index (Phi) is 7.02. The number of methoxy groups -OCH3 is 1. The van der Waals surface area contributed by atoms with Crippen molar-refractivity contribution >= 4 is 18.3 Å². The van der Waals surface area contributed by atoms with E-state index in [0.29, 0.717) is 25.8 Å². The van der Waals surface area contributed by atoms with E-state index >= 15 is 0 Å². The summed E-state index contributed by atoms with van der Waals surface area (Å²) in [6.45, 7) is 0.394. The number of aliphatic hydroxyl groups excluding tert-OH is 1. The maximum atomic E-state index is 12.4. The van der Waals surface area contributed by atoms with Gasteiger partial charge < -0.3 is 20.9 Å². The number of H-pyrrole nitrogens is 1. The van der Waals surface area contributed by atoms with Crippen LogP contribution in [0, 0.1) is 5.92 Å². The molecule has 8 heteroatoms. The molecule has 0 spiro atoms. The molecule has 0 radical (unpaired) electrons. The van der Waals surface area contributed by atoms with E-state index in [2.05, 4.69) is 15.5 Å². The Hall–Kier alpha value is -2.09. The third kappa shape index (κ3) is 4.55. The van der Waals surface area contributed by atoms with Crippen molar-refractivity contribution in [2.45, 2.75) is 38.0 Å². The Morgan fingerprint density at radius 2 is 2.12 bits per heavy atom. The predicted molar refractivity (Wildman–Crippen MR) is 101 cm³/mol. The van der Waals surface area contributed by atoms with E-state index in [0.717, 1.165) is 22.6 Å². The van der Waals surface area contributed by atoms with E-state index in [1.807, 2.05) is 24.3 Å². The average Bonchev–Trinajstić information content (AvgIpc) is 3.10. The van der Waals surface area contributed by atoms with Crippen LogP contribution < -0.4 is 15.8 Å². The van der Waals surface area contributed by atoms with Crippen LogP contribution in [0.25, 0.3) is 11.3 Å². The summed E-state index contributed by atoms with van der Waals surface area (Å²) in [5.74, 6) is 0.618. The van der Waals surface area contributed by atoms with Crippen LogP contribution in [0.1, 0.15) is 24.8 Å². The fourth-order valence-corrected chi connectivity index (χ4v) is 3.21. The molecule has 0 unspecified atom stereocenters. The SMILES string of the molecule is COc1ccc(-c2[nH]ncc2CNC(=O)[C@H]2CC[C@@H](O)[C@H](N)C2)cc1.Cl. The highest BCUT2D eigenvalue weighted by Gasteiger charge is 2.30. The van der Waals surface area contributed by atoms with Gasteiger partial charge in [-0.2, -0.15) is 5.10 Å². The molecule has 1 aliphatic rings. The molecule has 0 saturated heterocycles. The van der Waals surface area contributed by atoms with Crippen molar-refractivity contribution in [3.05, 3.63) is 36.0 Å². The second kappa shape index (κ2) is 9.02. The van der Waals surface area contributed by atoms with Crippen LogP contribution in [-0.4, -0.2) is 40.5 Å². The van der Waals surface area contributed by atoms with Gasteiger partial charge in [-0.1, -0.05) is 0 Å². The van der Waals surface area contributed by atoms with E-state index < -0.39 is 6.10 Å². The molecule has 1 heterocycles. The Labute approximate surface area is 158 Å². The number of nitrogens with one attached hydrogen (secondary N) is 2. The summed E-state index contributed by atoms with van der Waals surface area (Å²) in [4.78, 5) is 12.4. The number of nitrogens with zero attached hydrogens (tertiary/aromatic N) is 1. The minimum atomic E-state index is -0.500. The molecule has 5 N–H and O–H groups in total. The number of aliphatic hydroxyl groups is 1. The molecule has 2 aromatic rings. The predicted octanol–water partition coefficient (Wildman–Crippen LogP) is 1.61. The normalized spacial score (nSPS) is 22.3. The highest BCUT2D eigenvalue weighted by molar-refractivity contribution is 5.85. The van der Waals surface area contributed by atoms with Gasteiger partial charge in [0.25, 0.3) is 0 Å². The molecular formula is C18H25ClN4O3. The average molecular weight is 381 g/mol. The number of amides is 1. The number of carbonyl (C=O) groups excluding carboxylic acids is 1. The molecule has 3 rings (SSSR count). The summed E-state index contributed by atoms with van der Waals surface area (Å²) < 4.78 is 5.17. The maximum Gasteiger partial charge on any atom is 0.223 e. The molecule has 1 saturated carbocycles. The van der Waals surface area contributed by atoms with Crippen molar-refractivity contribution < 1.29 is 14.6 Å². The van der Waals surface area contributed by atoms with Gasteiger partial charge in [0.1, 0.15) is 5.75 Å². The minimum Gasteiger partial charge on any atom is -0.497 e. The number of benzene rings is 1. The number of nitrogens with two attached hydrogens (primary N) is 1. The Bertz CT molecular complexity index is 719. The zero-order valence-electron chi connectivity index (χ0n) is 14.6. The monoisotopic (exact) mass is 380 g/mol. The van der Waals surface area contributed by atoms with Crippen LogP contribution in [0.5, 0.6) is 5.75 Å². The lowest BCUT2D eigenvalue weighted by molar-refractivity contribution is -0.127. The van der Waals surface area contributed by atoms with Gasteiger partial charge in [0.2, 0.25) is 5.91 Å². The highest BCUT2D eigenvalue weighted by atomic mass is 35.5. The number of rotatable bonds is 5. The van der Waals surface area contributed by atoms with Crippen LogP contribution in [0.4, 0.5) is 0 Å². The molecular weight excluding hydrogens is 356 g/mol. The first-order valence-electron chi connectivity index (χ1n) is 8.46. The van der Waals surface area contributed by atoms with Crippen molar-refractivity contribution in [1.82, 2.24) is 15.5 Å². The van der Waals surface area contributed by atoms with Gasteiger partial charge in [-0.25, -0.2) is 0 Å². The van der Waals surface area contributed by atoms with Crippen molar-refractivity contribution in [3.63, 3.8) is 0 Å². The van der Waals surface area contributed by atoms with Gasteiger partial charge in [0.15, 0.2) is 0 Å². The van der Waals surface area contributed by atoms with Crippen LogP contribution in [0.2, 0.25) is 0 Å². The summed E-state index contributed by atoms with van der Waals surface area (Å²) in [5.41, 5.74) is 8.63. The van der Waals surface area contributed by atoms with Crippen LogP contribution >= 0.6 is 12.4 Å². The number of hydrogen-bond donors (Lipinski definition) is 4. The summed E-state index contributed by atoms with van der Waals surface area (Å²) >= 11 is 0. The van der Waals surface area contributed by atoms with E-state index in [4.69, 9.17) is 10.5 Å². The maximum absolute atomic E-state index is 12.4. The third-order valence-corrected chi connectivity index (χ3v) is 4.78. The molecule has 0 aliphatic heterocycles. The van der Waals surface area contributed by atoms with Crippen molar-refractivity contribution in [2.24, 2.45) is 11.7 Å². The number of halogens is 1. The largest absolute Gasteiger partial charge is 0.497 e. The first-order chi connectivity index (χ1) is 12.1. The molecule has 3 atom stereocenters. The number of ether oxygens (including phenoxy) is 1. The molecule has 1 amide bonds. The van der Waals surface area contributed by atoms with Crippen molar-refractivity contribution in [2.75, 3.05) is 7.11 Å². The zero-order valence-corrected chi connectivity index (χ0v) is 15.5.